The number of halogens is 1. The number of pyridine rings is 1. The topological polar surface area (TPSA) is 142 Å². The molecule has 0 atom stereocenters. The number of anilines is 3. The quantitative estimate of drug-likeness (QED) is 0.439. The Balaban J connectivity index is 1.43. The fraction of sp³-hybridized carbons (Fsp3) is 0.552. The van der Waals surface area contributed by atoms with Crippen LogP contribution in [0.4, 0.5) is 26.8 Å². The second-order valence-corrected chi connectivity index (χ2v) is 11.9. The lowest BCUT2D eigenvalue weighted by Crippen LogP contribution is -2.46. The van der Waals surface area contributed by atoms with Gasteiger partial charge in [-0.3, -0.25) is 4.99 Å². The van der Waals surface area contributed by atoms with E-state index in [1.807, 2.05) is 25.7 Å². The summed E-state index contributed by atoms with van der Waals surface area (Å²) < 4.78 is 20.3. The van der Waals surface area contributed by atoms with Gasteiger partial charge in [-0.25, -0.2) is 19.2 Å². The Bertz CT molecular complexity index is 1310. The maximum Gasteiger partial charge on any atom is 0.410 e. The van der Waals surface area contributed by atoms with Gasteiger partial charge in [-0.05, 0) is 45.6 Å². The Morgan fingerprint density at radius 2 is 1.90 bits per heavy atom. The number of nitrogens with zero attached hydrogens (tertiary/aromatic N) is 6. The summed E-state index contributed by atoms with van der Waals surface area (Å²) in [6, 6.07) is 3.50. The molecule has 1 fully saturated rings. The van der Waals surface area contributed by atoms with Crippen LogP contribution in [-0.4, -0.2) is 75.6 Å². The molecule has 0 unspecified atom stereocenters. The van der Waals surface area contributed by atoms with E-state index < -0.39 is 17.0 Å². The van der Waals surface area contributed by atoms with Crippen LogP contribution < -0.4 is 16.0 Å². The van der Waals surface area contributed by atoms with Crippen LogP contribution in [0.5, 0.6) is 0 Å². The molecule has 0 saturated carbocycles. The van der Waals surface area contributed by atoms with E-state index in [1.165, 1.54) is 0 Å². The van der Waals surface area contributed by atoms with Crippen LogP contribution in [0, 0.1) is 11.7 Å². The molecule has 1 amide bonds. The molecule has 0 aromatic carbocycles. The van der Waals surface area contributed by atoms with E-state index in [2.05, 4.69) is 39.1 Å². The molecule has 4 rings (SSSR count). The number of amides is 1. The zero-order chi connectivity index (χ0) is 29.9. The SMILES string of the molecule is CN=C(C1=C(N)CCN(c2nc(Nc3ccc(C4(O)CCN(C(=O)OC(C)(C)C)CC4)cn3)ncc2F)C1)C(C)C. The normalized spacial score (nSPS) is 18.1. The fourth-order valence-corrected chi connectivity index (χ4v) is 5.12. The lowest BCUT2D eigenvalue weighted by Gasteiger charge is -2.38. The second kappa shape index (κ2) is 12.0. The highest BCUT2D eigenvalue weighted by molar-refractivity contribution is 6.03. The monoisotopic (exact) mass is 568 g/mol. The van der Waals surface area contributed by atoms with Crippen molar-refractivity contribution in [2.75, 3.05) is 43.4 Å². The van der Waals surface area contributed by atoms with E-state index in [9.17, 15) is 14.3 Å². The van der Waals surface area contributed by atoms with Gasteiger partial charge in [-0.1, -0.05) is 19.9 Å². The fourth-order valence-electron chi connectivity index (χ4n) is 5.12. The third-order valence-corrected chi connectivity index (χ3v) is 7.29. The number of nitrogens with two attached hydrogens (primary N) is 1. The first kappa shape index (κ1) is 30.2. The number of likely N-dealkylation sites (tertiary alicyclic amines) is 1. The number of nitrogens with one attached hydrogen (secondary N) is 1. The minimum atomic E-state index is -1.11. The van der Waals surface area contributed by atoms with Crippen molar-refractivity contribution in [1.82, 2.24) is 19.9 Å². The highest BCUT2D eigenvalue weighted by atomic mass is 19.1. The van der Waals surface area contributed by atoms with Crippen LogP contribution in [0.25, 0.3) is 0 Å². The average Bonchev–Trinajstić information content (AvgIpc) is 2.91. The molecule has 2 aromatic rings. The third-order valence-electron chi connectivity index (χ3n) is 7.29. The van der Waals surface area contributed by atoms with Crippen molar-refractivity contribution in [1.29, 1.82) is 0 Å². The van der Waals surface area contributed by atoms with Crippen LogP contribution in [0.3, 0.4) is 0 Å². The van der Waals surface area contributed by atoms with Crippen LogP contribution in [-0.2, 0) is 10.3 Å². The summed E-state index contributed by atoms with van der Waals surface area (Å²) in [7, 11) is 1.74. The molecule has 12 heteroatoms. The Kier molecular flexibility index (Phi) is 8.81. The van der Waals surface area contributed by atoms with Gasteiger partial charge in [0.1, 0.15) is 11.4 Å². The van der Waals surface area contributed by atoms with E-state index in [-0.39, 0.29) is 23.8 Å². The first-order valence-electron chi connectivity index (χ1n) is 14.0. The number of hydrogen-bond donors (Lipinski definition) is 3. The van der Waals surface area contributed by atoms with Crippen molar-refractivity contribution >= 4 is 29.4 Å². The molecule has 2 aliphatic heterocycles. The number of hydrogen-bond acceptors (Lipinski definition) is 10. The number of piperidine rings is 1. The Morgan fingerprint density at radius 3 is 2.49 bits per heavy atom. The summed E-state index contributed by atoms with van der Waals surface area (Å²) in [6.07, 6.45) is 3.66. The van der Waals surface area contributed by atoms with Crippen LogP contribution >= 0.6 is 0 Å². The Morgan fingerprint density at radius 1 is 1.20 bits per heavy atom. The van der Waals surface area contributed by atoms with Crippen molar-refractivity contribution < 1.29 is 19.0 Å². The number of carbonyl (C=O) groups is 1. The van der Waals surface area contributed by atoms with Crippen LogP contribution in [0.2, 0.25) is 0 Å². The van der Waals surface area contributed by atoms with E-state index in [1.54, 1.807) is 30.3 Å². The molecule has 1 saturated heterocycles. The summed E-state index contributed by atoms with van der Waals surface area (Å²) in [4.78, 5) is 33.2. The van der Waals surface area contributed by atoms with Crippen molar-refractivity contribution in [3.8, 4) is 0 Å². The number of aliphatic hydroxyl groups is 1. The van der Waals surface area contributed by atoms with Gasteiger partial charge in [0.25, 0.3) is 0 Å². The number of aromatic nitrogens is 3. The molecule has 0 bridgehead atoms. The third kappa shape index (κ3) is 7.10. The van der Waals surface area contributed by atoms with E-state index in [0.29, 0.717) is 56.8 Å². The molecule has 4 heterocycles. The Hall–Kier alpha value is -3.80. The number of rotatable bonds is 6. The Labute approximate surface area is 240 Å². The van der Waals surface area contributed by atoms with Crippen molar-refractivity contribution in [3.05, 3.63) is 47.2 Å². The molecule has 0 radical (unpaired) electrons. The van der Waals surface area contributed by atoms with Gasteiger partial charge in [-0.2, -0.15) is 4.98 Å². The maximum absolute atomic E-state index is 14.9. The number of aliphatic imine (C=N–C) groups is 1. The molecular formula is C29H41FN8O3. The zero-order valence-corrected chi connectivity index (χ0v) is 24.7. The number of carbonyl (C=O) groups excluding carboxylic acids is 1. The lowest BCUT2D eigenvalue weighted by molar-refractivity contribution is -0.0358. The van der Waals surface area contributed by atoms with Crippen LogP contribution in [0.1, 0.15) is 59.4 Å². The van der Waals surface area contributed by atoms with Gasteiger partial charge < -0.3 is 30.7 Å². The lowest BCUT2D eigenvalue weighted by atomic mass is 9.85. The van der Waals surface area contributed by atoms with Gasteiger partial charge >= 0.3 is 6.09 Å². The predicted molar refractivity (Wildman–Crippen MR) is 157 cm³/mol. The van der Waals surface area contributed by atoms with Gasteiger partial charge in [0, 0.05) is 68.4 Å². The first-order valence-corrected chi connectivity index (χ1v) is 14.0. The van der Waals surface area contributed by atoms with Crippen molar-refractivity contribution in [3.63, 3.8) is 0 Å². The van der Waals surface area contributed by atoms with E-state index >= 15 is 0 Å². The average molecular weight is 569 g/mol. The zero-order valence-electron chi connectivity index (χ0n) is 24.7. The molecule has 222 valence electrons. The molecule has 0 spiro atoms. The predicted octanol–water partition coefficient (Wildman–Crippen LogP) is 4.12. The molecule has 11 nitrogen and oxygen atoms in total. The summed E-state index contributed by atoms with van der Waals surface area (Å²) in [5.41, 5.74) is 7.85. The van der Waals surface area contributed by atoms with Gasteiger partial charge in [0.15, 0.2) is 11.6 Å². The standard InChI is InChI=1S/C29H41FN8O3/c1-18(2)24(32-6)20-17-38(12-9-22(20)31)25-21(30)16-34-26(36-25)35-23-8-7-19(15-33-23)29(40)10-13-37(14-11-29)27(39)41-28(3,4)5/h7-8,15-16,18,40H,9-14,17,31H2,1-6H3,(H,33,34,35,36). The van der Waals surface area contributed by atoms with Gasteiger partial charge in [-0.15, -0.1) is 0 Å². The largest absolute Gasteiger partial charge is 0.444 e. The maximum atomic E-state index is 14.9. The minimum absolute atomic E-state index is 0.175. The van der Waals surface area contributed by atoms with Gasteiger partial charge in [0.05, 0.1) is 11.8 Å². The van der Waals surface area contributed by atoms with E-state index in [0.717, 1.165) is 23.2 Å². The highest BCUT2D eigenvalue weighted by Gasteiger charge is 2.37. The second-order valence-electron chi connectivity index (χ2n) is 11.9. The van der Waals surface area contributed by atoms with Crippen molar-refractivity contribution in [2.24, 2.45) is 16.6 Å². The highest BCUT2D eigenvalue weighted by Crippen LogP contribution is 2.34. The molecule has 0 aliphatic carbocycles. The first-order chi connectivity index (χ1) is 19.3. The summed E-state index contributed by atoms with van der Waals surface area (Å²) in [5, 5.41) is 14.3. The molecule has 41 heavy (non-hydrogen) atoms. The van der Waals surface area contributed by atoms with Crippen molar-refractivity contribution in [2.45, 2.75) is 65.1 Å². The molecule has 2 aliphatic rings. The van der Waals surface area contributed by atoms with E-state index in [4.69, 9.17) is 10.5 Å². The molecular weight excluding hydrogens is 527 g/mol. The summed E-state index contributed by atoms with van der Waals surface area (Å²) in [6.45, 7) is 11.3. The summed E-state index contributed by atoms with van der Waals surface area (Å²) in [5.74, 6) is 0.478. The molecule has 2 aromatic heterocycles. The number of ether oxygens (including phenoxy) is 1. The smallest absolute Gasteiger partial charge is 0.410 e. The molecule has 4 N–H and O–H groups in total. The van der Waals surface area contributed by atoms with Crippen LogP contribution in [0.15, 0.2) is 40.8 Å². The summed E-state index contributed by atoms with van der Waals surface area (Å²) >= 11 is 0. The van der Waals surface area contributed by atoms with Gasteiger partial charge in [0.2, 0.25) is 5.95 Å². The minimum Gasteiger partial charge on any atom is -0.444 e.